The van der Waals surface area contributed by atoms with Crippen molar-refractivity contribution in [3.63, 3.8) is 0 Å². The molecule has 3 fully saturated rings. The van der Waals surface area contributed by atoms with Crippen LogP contribution in [-0.4, -0.2) is 33.7 Å². The lowest BCUT2D eigenvalue weighted by molar-refractivity contribution is -0.128. The van der Waals surface area contributed by atoms with Crippen LogP contribution in [0, 0.1) is 30.4 Å². The number of nitrogens with one attached hydrogen (secondary N) is 3. The lowest BCUT2D eigenvalue weighted by atomic mass is 9.73. The smallest absolute Gasteiger partial charge is 0.223 e. The van der Waals surface area contributed by atoms with Gasteiger partial charge in [-0.2, -0.15) is 0 Å². The van der Waals surface area contributed by atoms with Gasteiger partial charge in [0.05, 0.1) is 11.6 Å². The zero-order valence-electron chi connectivity index (χ0n) is 20.1. The maximum atomic E-state index is 14.2. The fraction of sp³-hybridized carbons (Fsp3) is 0.556. The Bertz CT molecular complexity index is 1060. The summed E-state index contributed by atoms with van der Waals surface area (Å²) in [6.07, 6.45) is 6.45. The summed E-state index contributed by atoms with van der Waals surface area (Å²) in [6, 6.07) is 8.13. The van der Waals surface area contributed by atoms with E-state index >= 15 is 0 Å². The van der Waals surface area contributed by atoms with Gasteiger partial charge in [0.1, 0.15) is 11.6 Å². The molecule has 1 aromatic heterocycles. The highest BCUT2D eigenvalue weighted by Gasteiger charge is 2.43. The van der Waals surface area contributed by atoms with Crippen LogP contribution in [0.25, 0.3) is 0 Å². The highest BCUT2D eigenvalue weighted by atomic mass is 19.1. The van der Waals surface area contributed by atoms with E-state index in [4.69, 9.17) is 0 Å². The fourth-order valence-corrected chi connectivity index (χ4v) is 6.36. The van der Waals surface area contributed by atoms with Crippen LogP contribution in [0.2, 0.25) is 0 Å². The van der Waals surface area contributed by atoms with Gasteiger partial charge in [0.15, 0.2) is 0 Å². The zero-order valence-corrected chi connectivity index (χ0v) is 20.1. The van der Waals surface area contributed by atoms with Crippen molar-refractivity contribution in [1.29, 1.82) is 0 Å². The van der Waals surface area contributed by atoms with Crippen LogP contribution in [0.3, 0.4) is 0 Å². The van der Waals surface area contributed by atoms with E-state index in [1.165, 1.54) is 23.8 Å². The Morgan fingerprint density at radius 2 is 2.00 bits per heavy atom. The van der Waals surface area contributed by atoms with Gasteiger partial charge in [0.25, 0.3) is 0 Å². The highest BCUT2D eigenvalue weighted by Crippen LogP contribution is 2.41. The standard InChI is InChI=1S/C27H34F2N4O2/c1-16-12-17(9-11-30-16)25-20-13-18(7-8-24(20)32-33-25)26(34)31-19-4-3-10-27(35,14-19)15-21-22(28)5-2-6-23(21)29/h2,5-6,9,11-12,18-20,24-25,32-33,35H,3-4,7-8,10,13-15H2,1H3,(H,31,34). The number of nitrogens with zero attached hydrogens (tertiary/aromatic N) is 1. The average Bonchev–Trinajstić information content (AvgIpc) is 3.25. The molecule has 0 spiro atoms. The van der Waals surface area contributed by atoms with Crippen molar-refractivity contribution in [3.05, 3.63) is 65.0 Å². The normalized spacial score (nSPS) is 32.7. The topological polar surface area (TPSA) is 86.3 Å². The number of hydrogen-bond acceptors (Lipinski definition) is 5. The number of pyridine rings is 1. The fourth-order valence-electron chi connectivity index (χ4n) is 6.36. The molecule has 35 heavy (non-hydrogen) atoms. The van der Waals surface area contributed by atoms with Gasteiger partial charge in [-0.05, 0) is 87.6 Å². The first-order valence-electron chi connectivity index (χ1n) is 12.7. The van der Waals surface area contributed by atoms with E-state index in [2.05, 4.69) is 27.2 Å². The molecule has 6 unspecified atom stereocenters. The Kier molecular flexibility index (Phi) is 6.88. The Morgan fingerprint density at radius 1 is 1.20 bits per heavy atom. The first-order chi connectivity index (χ1) is 16.8. The van der Waals surface area contributed by atoms with E-state index < -0.39 is 17.2 Å². The molecule has 188 valence electrons. The summed E-state index contributed by atoms with van der Waals surface area (Å²) in [5.41, 5.74) is 7.66. The van der Waals surface area contributed by atoms with Gasteiger partial charge in [-0.3, -0.25) is 15.2 Å². The number of fused-ring (bicyclic) bond motifs is 1. The molecule has 0 bridgehead atoms. The second kappa shape index (κ2) is 9.91. The van der Waals surface area contributed by atoms with E-state index in [-0.39, 0.29) is 35.9 Å². The number of amides is 1. The second-order valence-corrected chi connectivity index (χ2v) is 10.7. The lowest BCUT2D eigenvalue weighted by Gasteiger charge is -2.39. The number of hydrogen-bond donors (Lipinski definition) is 4. The summed E-state index contributed by atoms with van der Waals surface area (Å²) >= 11 is 0. The Balaban J connectivity index is 1.22. The van der Waals surface area contributed by atoms with Crippen molar-refractivity contribution in [2.24, 2.45) is 11.8 Å². The molecule has 1 amide bonds. The number of aromatic nitrogens is 1. The molecule has 8 heteroatoms. The number of halogens is 2. The van der Waals surface area contributed by atoms with Gasteiger partial charge in [-0.15, -0.1) is 0 Å². The van der Waals surface area contributed by atoms with Crippen molar-refractivity contribution < 1.29 is 18.7 Å². The van der Waals surface area contributed by atoms with Crippen molar-refractivity contribution in [1.82, 2.24) is 21.2 Å². The third kappa shape index (κ3) is 5.25. The second-order valence-electron chi connectivity index (χ2n) is 10.7. The summed E-state index contributed by atoms with van der Waals surface area (Å²) in [4.78, 5) is 17.6. The number of carbonyl (C=O) groups is 1. The molecule has 2 aliphatic carbocycles. The number of rotatable bonds is 5. The number of aryl methyl sites for hydroxylation is 1. The maximum Gasteiger partial charge on any atom is 0.223 e. The molecular weight excluding hydrogens is 450 g/mol. The van der Waals surface area contributed by atoms with Crippen LogP contribution >= 0.6 is 0 Å². The highest BCUT2D eigenvalue weighted by molar-refractivity contribution is 5.79. The van der Waals surface area contributed by atoms with Crippen molar-refractivity contribution in [3.8, 4) is 0 Å². The van der Waals surface area contributed by atoms with Gasteiger partial charge in [-0.1, -0.05) is 6.07 Å². The van der Waals surface area contributed by atoms with E-state index in [9.17, 15) is 18.7 Å². The third-order valence-corrected chi connectivity index (χ3v) is 8.14. The monoisotopic (exact) mass is 484 g/mol. The molecule has 1 aliphatic heterocycles. The molecule has 2 aromatic rings. The summed E-state index contributed by atoms with van der Waals surface area (Å²) in [7, 11) is 0. The zero-order chi connectivity index (χ0) is 24.6. The number of carbonyl (C=O) groups excluding carboxylic acids is 1. The number of aliphatic hydroxyl groups is 1. The number of benzene rings is 1. The Labute approximate surface area is 204 Å². The van der Waals surface area contributed by atoms with Crippen molar-refractivity contribution in [2.45, 2.75) is 82.0 Å². The van der Waals surface area contributed by atoms with Crippen LogP contribution in [-0.2, 0) is 11.2 Å². The SMILES string of the molecule is Cc1cc(C2NNC3CCC(C(=O)NC4CCCC(O)(Cc5c(F)cccc5F)C4)CC32)ccn1. The summed E-state index contributed by atoms with van der Waals surface area (Å²) < 4.78 is 28.3. The van der Waals surface area contributed by atoms with Crippen molar-refractivity contribution >= 4 is 5.91 Å². The average molecular weight is 485 g/mol. The van der Waals surface area contributed by atoms with Crippen LogP contribution in [0.15, 0.2) is 36.5 Å². The van der Waals surface area contributed by atoms with E-state index in [1.54, 1.807) is 0 Å². The predicted molar refractivity (Wildman–Crippen MR) is 128 cm³/mol. The largest absolute Gasteiger partial charge is 0.389 e. The molecule has 6 atom stereocenters. The summed E-state index contributed by atoms with van der Waals surface area (Å²) in [6.45, 7) is 1.98. The minimum Gasteiger partial charge on any atom is -0.389 e. The van der Waals surface area contributed by atoms with E-state index in [0.29, 0.717) is 31.2 Å². The minimum atomic E-state index is -1.24. The summed E-state index contributed by atoms with van der Waals surface area (Å²) in [5.74, 6) is -1.06. The van der Waals surface area contributed by atoms with Crippen LogP contribution in [0.5, 0.6) is 0 Å². The lowest BCUT2D eigenvalue weighted by Crippen LogP contribution is -2.49. The molecule has 3 aliphatic rings. The third-order valence-electron chi connectivity index (χ3n) is 8.14. The minimum absolute atomic E-state index is 0.0198. The van der Waals surface area contributed by atoms with Crippen LogP contribution in [0.1, 0.15) is 67.8 Å². The van der Waals surface area contributed by atoms with E-state index in [1.807, 2.05) is 19.2 Å². The van der Waals surface area contributed by atoms with Crippen molar-refractivity contribution in [2.75, 3.05) is 0 Å². The van der Waals surface area contributed by atoms with Crippen LogP contribution in [0.4, 0.5) is 8.78 Å². The Hall–Kier alpha value is -2.42. The quantitative estimate of drug-likeness (QED) is 0.521. The molecule has 0 radical (unpaired) electrons. The van der Waals surface area contributed by atoms with E-state index in [0.717, 1.165) is 31.4 Å². The Morgan fingerprint density at radius 3 is 2.77 bits per heavy atom. The maximum absolute atomic E-state index is 14.2. The van der Waals surface area contributed by atoms with Gasteiger partial charge < -0.3 is 10.4 Å². The predicted octanol–water partition coefficient (Wildman–Crippen LogP) is 3.63. The molecule has 2 heterocycles. The van der Waals surface area contributed by atoms with Crippen LogP contribution < -0.4 is 16.2 Å². The molecule has 2 saturated carbocycles. The summed E-state index contributed by atoms with van der Waals surface area (Å²) in [5, 5.41) is 14.3. The van der Waals surface area contributed by atoms with Gasteiger partial charge in [-0.25, -0.2) is 14.2 Å². The number of hydrazine groups is 1. The van der Waals surface area contributed by atoms with Gasteiger partial charge in [0, 0.05) is 41.9 Å². The molecular formula is C27H34F2N4O2. The molecule has 1 saturated heterocycles. The molecule has 4 N–H and O–H groups in total. The molecule has 1 aromatic carbocycles. The molecule has 5 rings (SSSR count). The van der Waals surface area contributed by atoms with Gasteiger partial charge in [0.2, 0.25) is 5.91 Å². The first kappa shape index (κ1) is 24.3. The van der Waals surface area contributed by atoms with Gasteiger partial charge >= 0.3 is 0 Å². The molecule has 6 nitrogen and oxygen atoms in total. The first-order valence-corrected chi connectivity index (χ1v) is 12.7.